The fourth-order valence-electron chi connectivity index (χ4n) is 1.38. The Morgan fingerprint density at radius 1 is 1.44 bits per heavy atom. The predicted molar refractivity (Wildman–Crippen MR) is 75.5 cm³/mol. The van der Waals surface area contributed by atoms with Crippen molar-refractivity contribution < 1.29 is 9.18 Å². The topological polar surface area (TPSA) is 41.5 Å². The summed E-state index contributed by atoms with van der Waals surface area (Å²) in [5.41, 5.74) is 0.891. The number of hydrogen-bond acceptors (Lipinski definition) is 4. The van der Waals surface area contributed by atoms with Crippen molar-refractivity contribution in [1.29, 1.82) is 0 Å². The lowest BCUT2D eigenvalue weighted by Crippen LogP contribution is -2.24. The molecule has 0 aliphatic carbocycles. The SMILES string of the molecule is O=C(CSC1=NCCS1)NCc1ccc(F)cc1. The molecule has 0 spiro atoms. The van der Waals surface area contributed by atoms with Crippen LogP contribution < -0.4 is 5.32 Å². The van der Waals surface area contributed by atoms with Crippen LogP contribution >= 0.6 is 23.5 Å². The van der Waals surface area contributed by atoms with Crippen LogP contribution in [-0.4, -0.2) is 28.3 Å². The Labute approximate surface area is 114 Å². The largest absolute Gasteiger partial charge is 0.351 e. The Hall–Kier alpha value is -1.01. The number of nitrogens with zero attached hydrogens (tertiary/aromatic N) is 1. The molecule has 1 aromatic carbocycles. The van der Waals surface area contributed by atoms with Gasteiger partial charge in [-0.05, 0) is 17.7 Å². The minimum atomic E-state index is -0.267. The zero-order valence-corrected chi connectivity index (χ0v) is 11.3. The number of carbonyl (C=O) groups excluding carboxylic acids is 1. The van der Waals surface area contributed by atoms with Crippen LogP contribution in [0.4, 0.5) is 4.39 Å². The van der Waals surface area contributed by atoms with Crippen molar-refractivity contribution in [1.82, 2.24) is 5.32 Å². The van der Waals surface area contributed by atoms with Crippen molar-refractivity contribution in [3.63, 3.8) is 0 Å². The van der Waals surface area contributed by atoms with E-state index in [1.165, 1.54) is 23.9 Å². The maximum atomic E-state index is 12.7. The summed E-state index contributed by atoms with van der Waals surface area (Å²) in [5.74, 6) is 1.10. The normalized spacial score (nSPS) is 14.4. The molecular formula is C12H13FN2OS2. The van der Waals surface area contributed by atoms with Gasteiger partial charge in [-0.2, -0.15) is 0 Å². The summed E-state index contributed by atoms with van der Waals surface area (Å²) in [6.07, 6.45) is 0. The van der Waals surface area contributed by atoms with E-state index >= 15 is 0 Å². The van der Waals surface area contributed by atoms with Crippen LogP contribution in [0.3, 0.4) is 0 Å². The molecule has 1 amide bonds. The smallest absolute Gasteiger partial charge is 0.230 e. The molecule has 3 nitrogen and oxygen atoms in total. The van der Waals surface area contributed by atoms with Gasteiger partial charge in [-0.15, -0.1) is 0 Å². The van der Waals surface area contributed by atoms with E-state index < -0.39 is 0 Å². The van der Waals surface area contributed by atoms with Crippen molar-refractivity contribution in [2.45, 2.75) is 6.54 Å². The molecule has 1 aromatic rings. The van der Waals surface area contributed by atoms with Gasteiger partial charge in [0, 0.05) is 12.3 Å². The van der Waals surface area contributed by atoms with Gasteiger partial charge < -0.3 is 5.32 Å². The molecule has 0 fully saturated rings. The highest BCUT2D eigenvalue weighted by molar-refractivity contribution is 8.39. The van der Waals surface area contributed by atoms with E-state index in [2.05, 4.69) is 10.3 Å². The number of aliphatic imine (C=N–C) groups is 1. The first-order valence-corrected chi connectivity index (χ1v) is 7.52. The highest BCUT2D eigenvalue weighted by atomic mass is 32.2. The maximum absolute atomic E-state index is 12.7. The van der Waals surface area contributed by atoms with Gasteiger partial charge in [-0.25, -0.2) is 4.39 Å². The molecule has 0 bridgehead atoms. The van der Waals surface area contributed by atoms with Gasteiger partial charge >= 0.3 is 0 Å². The van der Waals surface area contributed by atoms with Gasteiger partial charge in [0.1, 0.15) is 10.2 Å². The summed E-state index contributed by atoms with van der Waals surface area (Å²) in [5, 5.41) is 2.80. The van der Waals surface area contributed by atoms with Crippen molar-refractivity contribution >= 4 is 33.8 Å². The molecular weight excluding hydrogens is 271 g/mol. The Kier molecular flexibility index (Phi) is 5.07. The quantitative estimate of drug-likeness (QED) is 0.922. The number of halogens is 1. The maximum Gasteiger partial charge on any atom is 0.230 e. The van der Waals surface area contributed by atoms with E-state index in [1.807, 2.05) is 0 Å². The molecule has 0 aromatic heterocycles. The number of nitrogens with one attached hydrogen (secondary N) is 1. The van der Waals surface area contributed by atoms with Gasteiger partial charge in [0.2, 0.25) is 5.91 Å². The summed E-state index contributed by atoms with van der Waals surface area (Å²) in [6, 6.07) is 6.11. The number of thioether (sulfide) groups is 2. The fourth-order valence-corrected chi connectivity index (χ4v) is 3.22. The highest BCUT2D eigenvalue weighted by Crippen LogP contribution is 2.21. The summed E-state index contributed by atoms with van der Waals surface area (Å²) in [7, 11) is 0. The number of rotatable bonds is 4. The molecule has 18 heavy (non-hydrogen) atoms. The van der Waals surface area contributed by atoms with E-state index in [9.17, 15) is 9.18 Å². The first-order chi connectivity index (χ1) is 8.74. The first kappa shape index (κ1) is 13.4. The van der Waals surface area contributed by atoms with Crippen LogP contribution in [0.15, 0.2) is 29.3 Å². The van der Waals surface area contributed by atoms with Crippen LogP contribution in [0.2, 0.25) is 0 Å². The van der Waals surface area contributed by atoms with E-state index in [-0.39, 0.29) is 11.7 Å². The third-order valence-electron chi connectivity index (χ3n) is 2.29. The van der Waals surface area contributed by atoms with Crippen LogP contribution in [0.25, 0.3) is 0 Å². The standard InChI is InChI=1S/C12H13FN2OS2/c13-10-3-1-9(2-4-10)7-15-11(16)8-18-12-14-5-6-17-12/h1-4H,5-8H2,(H,15,16). The average Bonchev–Trinajstić information content (AvgIpc) is 2.89. The minimum Gasteiger partial charge on any atom is -0.351 e. The molecule has 0 saturated carbocycles. The fraction of sp³-hybridized carbons (Fsp3) is 0.333. The Balaban J connectivity index is 1.69. The van der Waals surface area contributed by atoms with Gasteiger partial charge in [0.15, 0.2) is 0 Å². The Bertz CT molecular complexity index is 448. The van der Waals surface area contributed by atoms with Gasteiger partial charge in [-0.3, -0.25) is 9.79 Å². The summed E-state index contributed by atoms with van der Waals surface area (Å²) in [4.78, 5) is 15.8. The second kappa shape index (κ2) is 6.80. The molecule has 1 N–H and O–H groups in total. The lowest BCUT2D eigenvalue weighted by atomic mass is 10.2. The summed E-state index contributed by atoms with van der Waals surface area (Å²) >= 11 is 3.16. The van der Waals surface area contributed by atoms with Crippen LogP contribution in [0, 0.1) is 5.82 Å². The lowest BCUT2D eigenvalue weighted by molar-refractivity contribution is -0.118. The summed E-state index contributed by atoms with van der Waals surface area (Å²) in [6.45, 7) is 1.28. The number of benzene rings is 1. The molecule has 0 unspecified atom stereocenters. The Morgan fingerprint density at radius 2 is 2.22 bits per heavy atom. The third kappa shape index (κ3) is 4.34. The van der Waals surface area contributed by atoms with Crippen molar-refractivity contribution in [2.75, 3.05) is 18.1 Å². The molecule has 6 heteroatoms. The van der Waals surface area contributed by atoms with E-state index in [0.717, 1.165) is 22.2 Å². The second-order valence-electron chi connectivity index (χ2n) is 3.69. The Morgan fingerprint density at radius 3 is 2.89 bits per heavy atom. The second-order valence-corrected chi connectivity index (χ2v) is 5.99. The zero-order chi connectivity index (χ0) is 12.8. The van der Waals surface area contributed by atoms with Crippen molar-refractivity contribution in [3.05, 3.63) is 35.6 Å². The van der Waals surface area contributed by atoms with Gasteiger partial charge in [-0.1, -0.05) is 35.7 Å². The van der Waals surface area contributed by atoms with E-state index in [0.29, 0.717) is 12.3 Å². The third-order valence-corrected chi connectivity index (χ3v) is 4.54. The number of amides is 1. The van der Waals surface area contributed by atoms with Crippen molar-refractivity contribution in [3.8, 4) is 0 Å². The van der Waals surface area contributed by atoms with Crippen LogP contribution in [-0.2, 0) is 11.3 Å². The zero-order valence-electron chi connectivity index (χ0n) is 9.69. The minimum absolute atomic E-state index is 0.0282. The monoisotopic (exact) mass is 284 g/mol. The molecule has 96 valence electrons. The predicted octanol–water partition coefficient (Wildman–Crippen LogP) is 2.28. The lowest BCUT2D eigenvalue weighted by Gasteiger charge is -2.05. The van der Waals surface area contributed by atoms with E-state index in [1.54, 1.807) is 23.9 Å². The van der Waals surface area contributed by atoms with Crippen LogP contribution in [0.5, 0.6) is 0 Å². The molecule has 0 radical (unpaired) electrons. The molecule has 1 heterocycles. The molecule has 1 aliphatic heterocycles. The van der Waals surface area contributed by atoms with Gasteiger partial charge in [0.05, 0.1) is 12.3 Å². The molecule has 0 atom stereocenters. The first-order valence-electron chi connectivity index (χ1n) is 5.55. The summed E-state index contributed by atoms with van der Waals surface area (Å²) < 4.78 is 13.7. The molecule has 1 aliphatic rings. The number of hydrogen-bond donors (Lipinski definition) is 1. The molecule has 2 rings (SSSR count). The van der Waals surface area contributed by atoms with Crippen LogP contribution in [0.1, 0.15) is 5.56 Å². The highest BCUT2D eigenvalue weighted by Gasteiger charge is 2.10. The van der Waals surface area contributed by atoms with Gasteiger partial charge in [0.25, 0.3) is 0 Å². The van der Waals surface area contributed by atoms with E-state index in [4.69, 9.17) is 0 Å². The van der Waals surface area contributed by atoms with Crippen molar-refractivity contribution in [2.24, 2.45) is 4.99 Å². The molecule has 0 saturated heterocycles. The number of carbonyl (C=O) groups is 1. The average molecular weight is 284 g/mol.